The molecule has 0 saturated carbocycles. The van der Waals surface area contributed by atoms with E-state index in [2.05, 4.69) is 50.0 Å². The summed E-state index contributed by atoms with van der Waals surface area (Å²) in [7, 11) is 0. The number of fused-ring (bicyclic) bond motifs is 2. The first kappa shape index (κ1) is 30.2. The zero-order valence-electron chi connectivity index (χ0n) is 23.7. The molecule has 0 radical (unpaired) electrons. The summed E-state index contributed by atoms with van der Waals surface area (Å²) >= 11 is 4.86. The number of carbonyl (C=O) groups is 3. The normalized spacial score (nSPS) is 12.3. The average Bonchev–Trinajstić information content (AvgIpc) is 3.58. The standard InChI is InChI=1S/C32H30BrN3O6S/c1-3-40-25-16-19(15-24(33)28(25)42-18-21-11-7-10-20-9-5-6-12-22(20)21)17-34-36-30(38)29(37)35-31-27(32(39)41-4-2)23-13-8-14-26(23)43-31/h5-7,9-12,15-17H,3-4,8,13-14,18H2,1-2H3,(H,35,37)(H,36,38)/b34-17+. The third-order valence-electron chi connectivity index (χ3n) is 6.80. The maximum absolute atomic E-state index is 12.6. The number of amides is 2. The van der Waals surface area contributed by atoms with E-state index in [-0.39, 0.29) is 6.61 Å². The van der Waals surface area contributed by atoms with Gasteiger partial charge in [-0.05, 0) is 88.6 Å². The molecule has 222 valence electrons. The number of nitrogens with one attached hydrogen (secondary N) is 2. The van der Waals surface area contributed by atoms with E-state index in [9.17, 15) is 14.4 Å². The number of rotatable bonds is 10. The van der Waals surface area contributed by atoms with Gasteiger partial charge in [-0.25, -0.2) is 10.2 Å². The number of thiophene rings is 1. The number of nitrogens with zero attached hydrogens (tertiary/aromatic N) is 1. The van der Waals surface area contributed by atoms with Gasteiger partial charge >= 0.3 is 17.8 Å². The monoisotopic (exact) mass is 663 g/mol. The Morgan fingerprint density at radius 3 is 2.63 bits per heavy atom. The van der Waals surface area contributed by atoms with Gasteiger partial charge in [0.1, 0.15) is 11.6 Å². The van der Waals surface area contributed by atoms with Crippen molar-refractivity contribution in [2.75, 3.05) is 18.5 Å². The van der Waals surface area contributed by atoms with Crippen LogP contribution in [0.3, 0.4) is 0 Å². The van der Waals surface area contributed by atoms with Crippen LogP contribution in [-0.4, -0.2) is 37.2 Å². The maximum atomic E-state index is 12.6. The van der Waals surface area contributed by atoms with Gasteiger partial charge in [0.15, 0.2) is 11.5 Å². The molecule has 9 nitrogen and oxygen atoms in total. The predicted molar refractivity (Wildman–Crippen MR) is 170 cm³/mol. The summed E-state index contributed by atoms with van der Waals surface area (Å²) in [5.74, 6) is -1.37. The fraction of sp³-hybridized carbons (Fsp3) is 0.250. The minimum atomic E-state index is -0.973. The number of carbonyl (C=O) groups excluding carboxylic acids is 3. The van der Waals surface area contributed by atoms with Crippen LogP contribution in [0.1, 0.15) is 52.2 Å². The number of anilines is 1. The van der Waals surface area contributed by atoms with Crippen molar-refractivity contribution in [2.24, 2.45) is 5.10 Å². The van der Waals surface area contributed by atoms with E-state index in [1.807, 2.05) is 31.2 Å². The summed E-state index contributed by atoms with van der Waals surface area (Å²) in [4.78, 5) is 38.7. The van der Waals surface area contributed by atoms with Crippen LogP contribution in [0.2, 0.25) is 0 Å². The molecule has 1 aliphatic carbocycles. The highest BCUT2D eigenvalue weighted by molar-refractivity contribution is 9.10. The van der Waals surface area contributed by atoms with Gasteiger partial charge in [0.05, 0.1) is 29.5 Å². The molecule has 0 atom stereocenters. The lowest BCUT2D eigenvalue weighted by molar-refractivity contribution is -0.136. The molecule has 0 saturated heterocycles. The van der Waals surface area contributed by atoms with Crippen LogP contribution in [0.4, 0.5) is 5.00 Å². The Morgan fingerprint density at radius 1 is 1.00 bits per heavy atom. The second-order valence-corrected chi connectivity index (χ2v) is 11.6. The molecule has 0 aliphatic heterocycles. The van der Waals surface area contributed by atoms with Gasteiger partial charge in [-0.3, -0.25) is 9.59 Å². The van der Waals surface area contributed by atoms with Crippen LogP contribution in [0.15, 0.2) is 64.2 Å². The number of halogens is 1. The largest absolute Gasteiger partial charge is 0.490 e. The van der Waals surface area contributed by atoms with E-state index >= 15 is 0 Å². The van der Waals surface area contributed by atoms with E-state index in [0.29, 0.717) is 45.3 Å². The SMILES string of the molecule is CCOC(=O)c1c(NC(=O)C(=O)N/N=C/c2cc(Br)c(OCc3cccc4ccccc34)c(OCC)c2)sc2c1CCC2. The molecule has 2 amide bonds. The summed E-state index contributed by atoms with van der Waals surface area (Å²) in [6.45, 7) is 4.55. The molecular formula is C32H30BrN3O6S. The van der Waals surface area contributed by atoms with Crippen molar-refractivity contribution in [3.05, 3.63) is 86.2 Å². The van der Waals surface area contributed by atoms with E-state index in [4.69, 9.17) is 14.2 Å². The number of benzene rings is 3. The van der Waals surface area contributed by atoms with Crippen LogP contribution in [0.25, 0.3) is 10.8 Å². The first-order valence-electron chi connectivity index (χ1n) is 13.9. The first-order chi connectivity index (χ1) is 20.9. The first-order valence-corrected chi connectivity index (χ1v) is 15.5. The second kappa shape index (κ2) is 13.8. The molecule has 4 aromatic rings. The number of hydrazone groups is 1. The van der Waals surface area contributed by atoms with E-state index in [0.717, 1.165) is 46.0 Å². The topological polar surface area (TPSA) is 115 Å². The Hall–Kier alpha value is -4.22. The Morgan fingerprint density at radius 2 is 1.81 bits per heavy atom. The molecule has 0 unspecified atom stereocenters. The molecule has 0 spiro atoms. The molecule has 1 aromatic heterocycles. The number of ether oxygens (including phenoxy) is 3. The summed E-state index contributed by atoms with van der Waals surface area (Å²) in [6, 6.07) is 17.7. The van der Waals surface area contributed by atoms with Crippen molar-refractivity contribution < 1.29 is 28.6 Å². The molecule has 1 heterocycles. The molecule has 43 heavy (non-hydrogen) atoms. The van der Waals surface area contributed by atoms with Crippen molar-refractivity contribution in [2.45, 2.75) is 39.7 Å². The van der Waals surface area contributed by atoms with Gasteiger partial charge in [-0.2, -0.15) is 5.10 Å². The van der Waals surface area contributed by atoms with Crippen molar-refractivity contribution in [3.63, 3.8) is 0 Å². The maximum Gasteiger partial charge on any atom is 0.341 e. The molecule has 2 N–H and O–H groups in total. The number of esters is 1. The lowest BCUT2D eigenvalue weighted by atomic mass is 10.1. The van der Waals surface area contributed by atoms with E-state index in [1.54, 1.807) is 19.1 Å². The molecule has 0 fully saturated rings. The van der Waals surface area contributed by atoms with Gasteiger partial charge in [-0.15, -0.1) is 11.3 Å². The van der Waals surface area contributed by atoms with Crippen LogP contribution in [0, 0.1) is 0 Å². The Balaban J connectivity index is 1.25. The van der Waals surface area contributed by atoms with Crippen molar-refractivity contribution in [1.29, 1.82) is 0 Å². The van der Waals surface area contributed by atoms with Gasteiger partial charge in [0.2, 0.25) is 0 Å². The summed E-state index contributed by atoms with van der Waals surface area (Å²) in [5, 5.41) is 9.07. The van der Waals surface area contributed by atoms with Gasteiger partial charge in [0.25, 0.3) is 0 Å². The number of aryl methyl sites for hydroxylation is 1. The third-order valence-corrected chi connectivity index (χ3v) is 8.59. The Labute approximate surface area is 261 Å². The quantitative estimate of drug-likeness (QED) is 0.0879. The lowest BCUT2D eigenvalue weighted by Gasteiger charge is -2.15. The van der Waals surface area contributed by atoms with Gasteiger partial charge in [0, 0.05) is 4.88 Å². The van der Waals surface area contributed by atoms with Crippen molar-refractivity contribution in [1.82, 2.24) is 5.43 Å². The van der Waals surface area contributed by atoms with Crippen LogP contribution in [-0.2, 0) is 33.8 Å². The lowest BCUT2D eigenvalue weighted by Crippen LogP contribution is -2.32. The van der Waals surface area contributed by atoms with Crippen LogP contribution >= 0.6 is 27.3 Å². The Bertz CT molecular complexity index is 1710. The highest BCUT2D eigenvalue weighted by atomic mass is 79.9. The predicted octanol–water partition coefficient (Wildman–Crippen LogP) is 6.40. The molecule has 5 rings (SSSR count). The molecule has 0 bridgehead atoms. The van der Waals surface area contributed by atoms with E-state index < -0.39 is 17.8 Å². The smallest absolute Gasteiger partial charge is 0.341 e. The fourth-order valence-corrected chi connectivity index (χ4v) is 6.77. The zero-order valence-corrected chi connectivity index (χ0v) is 26.1. The van der Waals surface area contributed by atoms with E-state index in [1.165, 1.54) is 17.6 Å². The van der Waals surface area contributed by atoms with Crippen molar-refractivity contribution >= 4 is 67.0 Å². The van der Waals surface area contributed by atoms with Crippen LogP contribution < -0.4 is 20.2 Å². The van der Waals surface area contributed by atoms with Crippen molar-refractivity contribution in [3.8, 4) is 11.5 Å². The third kappa shape index (κ3) is 6.89. The molecular weight excluding hydrogens is 634 g/mol. The molecule has 1 aliphatic rings. The zero-order chi connectivity index (χ0) is 30.3. The molecule has 11 heteroatoms. The van der Waals surface area contributed by atoms with Gasteiger partial charge < -0.3 is 19.5 Å². The summed E-state index contributed by atoms with van der Waals surface area (Å²) < 4.78 is 17.8. The highest BCUT2D eigenvalue weighted by Gasteiger charge is 2.29. The minimum Gasteiger partial charge on any atom is -0.490 e. The van der Waals surface area contributed by atoms with Gasteiger partial charge in [-0.1, -0.05) is 42.5 Å². The average molecular weight is 665 g/mol. The number of hydrogen-bond acceptors (Lipinski definition) is 8. The second-order valence-electron chi connectivity index (χ2n) is 9.63. The number of hydrogen-bond donors (Lipinski definition) is 2. The fourth-order valence-electron chi connectivity index (χ4n) is 4.92. The molecule has 3 aromatic carbocycles. The summed E-state index contributed by atoms with van der Waals surface area (Å²) in [6.07, 6.45) is 3.90. The van der Waals surface area contributed by atoms with Crippen LogP contribution in [0.5, 0.6) is 11.5 Å². The Kier molecular flexibility index (Phi) is 9.73. The highest BCUT2D eigenvalue weighted by Crippen LogP contribution is 2.40. The minimum absolute atomic E-state index is 0.213. The summed E-state index contributed by atoms with van der Waals surface area (Å²) in [5.41, 5.74) is 5.11.